The summed E-state index contributed by atoms with van der Waals surface area (Å²) in [4.78, 5) is 23.6. The van der Waals surface area contributed by atoms with Crippen molar-refractivity contribution in [1.82, 2.24) is 10.6 Å². The fourth-order valence-electron chi connectivity index (χ4n) is 2.14. The van der Waals surface area contributed by atoms with Gasteiger partial charge in [0.25, 0.3) is 5.91 Å². The molecule has 0 radical (unpaired) electrons. The summed E-state index contributed by atoms with van der Waals surface area (Å²) >= 11 is 5.96. The van der Waals surface area contributed by atoms with E-state index in [1.165, 1.54) is 12.1 Å². The van der Waals surface area contributed by atoms with Crippen molar-refractivity contribution in [2.45, 2.75) is 25.3 Å². The van der Waals surface area contributed by atoms with E-state index in [0.29, 0.717) is 24.3 Å². The molecule has 1 aliphatic rings. The zero-order chi connectivity index (χ0) is 15.9. The summed E-state index contributed by atoms with van der Waals surface area (Å²) in [6.45, 7) is 0.401. The maximum Gasteiger partial charge on any atom is 0.258 e. The van der Waals surface area contributed by atoms with Crippen LogP contribution in [0.5, 0.6) is 5.75 Å². The van der Waals surface area contributed by atoms with Gasteiger partial charge in [0.2, 0.25) is 5.91 Å². The summed E-state index contributed by atoms with van der Waals surface area (Å²) in [6, 6.07) is 6.00. The number of benzene rings is 1. The van der Waals surface area contributed by atoms with Crippen molar-refractivity contribution in [1.29, 1.82) is 5.26 Å². The molecule has 1 aromatic carbocycles. The summed E-state index contributed by atoms with van der Waals surface area (Å²) in [5.74, 6) is -0.231. The van der Waals surface area contributed by atoms with Crippen molar-refractivity contribution >= 4 is 23.4 Å². The lowest BCUT2D eigenvalue weighted by molar-refractivity contribution is -0.129. The van der Waals surface area contributed by atoms with Crippen molar-refractivity contribution < 1.29 is 14.3 Å². The molecule has 1 aliphatic heterocycles. The SMILES string of the molecule is N#Cc1ccc(OCC(=O)N[C@H]2CCCCNC2=O)c(Cl)c1. The van der Waals surface area contributed by atoms with E-state index < -0.39 is 6.04 Å². The number of amides is 2. The average Bonchev–Trinajstić information content (AvgIpc) is 2.71. The van der Waals surface area contributed by atoms with E-state index in [1.54, 1.807) is 6.07 Å². The van der Waals surface area contributed by atoms with Gasteiger partial charge >= 0.3 is 0 Å². The Morgan fingerprint density at radius 2 is 2.32 bits per heavy atom. The highest BCUT2D eigenvalue weighted by atomic mass is 35.5. The number of rotatable bonds is 4. The molecule has 1 atom stereocenters. The smallest absolute Gasteiger partial charge is 0.258 e. The summed E-state index contributed by atoms with van der Waals surface area (Å²) < 4.78 is 5.32. The number of nitrogens with one attached hydrogen (secondary N) is 2. The van der Waals surface area contributed by atoms with Crippen LogP contribution in [0.1, 0.15) is 24.8 Å². The number of nitriles is 1. The third-order valence-electron chi connectivity index (χ3n) is 3.29. The van der Waals surface area contributed by atoms with Crippen LogP contribution >= 0.6 is 11.6 Å². The van der Waals surface area contributed by atoms with E-state index in [-0.39, 0.29) is 23.4 Å². The second-order valence-electron chi connectivity index (χ2n) is 4.95. The fourth-order valence-corrected chi connectivity index (χ4v) is 2.38. The molecule has 0 spiro atoms. The van der Waals surface area contributed by atoms with Gasteiger partial charge < -0.3 is 15.4 Å². The number of ether oxygens (including phenoxy) is 1. The van der Waals surface area contributed by atoms with Gasteiger partial charge in [0.1, 0.15) is 11.8 Å². The molecule has 2 rings (SSSR count). The molecule has 1 heterocycles. The zero-order valence-corrected chi connectivity index (χ0v) is 12.7. The number of carbonyl (C=O) groups excluding carboxylic acids is 2. The van der Waals surface area contributed by atoms with Crippen LogP contribution in [-0.2, 0) is 9.59 Å². The Kier molecular flexibility index (Phi) is 5.61. The molecule has 1 saturated heterocycles. The molecule has 22 heavy (non-hydrogen) atoms. The maximum absolute atomic E-state index is 11.9. The lowest BCUT2D eigenvalue weighted by Crippen LogP contribution is -2.46. The van der Waals surface area contributed by atoms with Crippen molar-refractivity contribution in [3.63, 3.8) is 0 Å². The Labute approximate surface area is 133 Å². The molecule has 6 nitrogen and oxygen atoms in total. The highest BCUT2D eigenvalue weighted by Gasteiger charge is 2.22. The first-order chi connectivity index (χ1) is 10.6. The minimum Gasteiger partial charge on any atom is -0.482 e. The minimum absolute atomic E-state index is 0.165. The molecule has 0 bridgehead atoms. The second kappa shape index (κ2) is 7.66. The van der Waals surface area contributed by atoms with E-state index in [0.717, 1.165) is 12.8 Å². The molecule has 2 N–H and O–H groups in total. The van der Waals surface area contributed by atoms with Gasteiger partial charge in [-0.25, -0.2) is 0 Å². The Hall–Kier alpha value is -2.26. The molecule has 116 valence electrons. The molecule has 0 unspecified atom stereocenters. The monoisotopic (exact) mass is 321 g/mol. The molecule has 0 saturated carbocycles. The second-order valence-corrected chi connectivity index (χ2v) is 5.36. The van der Waals surface area contributed by atoms with Gasteiger partial charge in [-0.15, -0.1) is 0 Å². The predicted octanol–water partition coefficient (Wildman–Crippen LogP) is 1.38. The van der Waals surface area contributed by atoms with Gasteiger partial charge in [0.15, 0.2) is 6.61 Å². The topological polar surface area (TPSA) is 91.2 Å². The highest BCUT2D eigenvalue weighted by Crippen LogP contribution is 2.25. The Morgan fingerprint density at radius 1 is 1.50 bits per heavy atom. The standard InChI is InChI=1S/C15H16ClN3O3/c16-11-7-10(8-17)4-5-13(11)22-9-14(20)19-12-3-1-2-6-18-15(12)21/h4-5,7,12H,1-3,6,9H2,(H,18,21)(H,19,20)/t12-/m0/s1. The van der Waals surface area contributed by atoms with Gasteiger partial charge in [-0.3, -0.25) is 9.59 Å². The van der Waals surface area contributed by atoms with E-state index in [4.69, 9.17) is 21.6 Å². The zero-order valence-electron chi connectivity index (χ0n) is 11.9. The minimum atomic E-state index is -0.518. The Bertz CT molecular complexity index is 613. The molecular weight excluding hydrogens is 306 g/mol. The van der Waals surface area contributed by atoms with Crippen LogP contribution in [0.2, 0.25) is 5.02 Å². The molecule has 2 amide bonds. The van der Waals surface area contributed by atoms with Gasteiger partial charge in [0.05, 0.1) is 16.7 Å². The van der Waals surface area contributed by atoms with Crippen molar-refractivity contribution in [3.8, 4) is 11.8 Å². The lowest BCUT2D eigenvalue weighted by atomic mass is 10.1. The van der Waals surface area contributed by atoms with Crippen molar-refractivity contribution in [2.75, 3.05) is 13.2 Å². The quantitative estimate of drug-likeness (QED) is 0.876. The number of halogens is 1. The average molecular weight is 322 g/mol. The van der Waals surface area contributed by atoms with Crippen LogP contribution in [0.3, 0.4) is 0 Å². The summed E-state index contributed by atoms with van der Waals surface area (Å²) in [5.41, 5.74) is 0.414. The van der Waals surface area contributed by atoms with Gasteiger partial charge in [-0.05, 0) is 37.5 Å². The fraction of sp³-hybridized carbons (Fsp3) is 0.400. The first kappa shape index (κ1) is 16.1. The Morgan fingerprint density at radius 3 is 3.05 bits per heavy atom. The number of hydrogen-bond acceptors (Lipinski definition) is 4. The van der Waals surface area contributed by atoms with Crippen molar-refractivity contribution in [3.05, 3.63) is 28.8 Å². The third kappa shape index (κ3) is 4.37. The summed E-state index contributed by atoms with van der Waals surface area (Å²) in [5, 5.41) is 14.4. The van der Waals surface area contributed by atoms with Crippen molar-refractivity contribution in [2.24, 2.45) is 0 Å². The van der Waals surface area contributed by atoms with E-state index >= 15 is 0 Å². The normalized spacial score (nSPS) is 17.8. The van der Waals surface area contributed by atoms with Gasteiger partial charge in [0, 0.05) is 6.54 Å². The molecule has 1 aromatic rings. The first-order valence-corrected chi connectivity index (χ1v) is 7.37. The molecule has 0 aliphatic carbocycles. The van der Waals surface area contributed by atoms with Crippen LogP contribution in [-0.4, -0.2) is 31.0 Å². The third-order valence-corrected chi connectivity index (χ3v) is 3.59. The predicted molar refractivity (Wildman–Crippen MR) is 80.5 cm³/mol. The molecular formula is C15H16ClN3O3. The van der Waals surface area contributed by atoms with Crippen LogP contribution in [0.15, 0.2) is 18.2 Å². The highest BCUT2D eigenvalue weighted by molar-refractivity contribution is 6.32. The first-order valence-electron chi connectivity index (χ1n) is 6.99. The van der Waals surface area contributed by atoms with E-state index in [2.05, 4.69) is 10.6 Å². The van der Waals surface area contributed by atoms with Crippen LogP contribution in [0.4, 0.5) is 0 Å². The summed E-state index contributed by atoms with van der Waals surface area (Å²) in [7, 11) is 0. The molecule has 0 aromatic heterocycles. The molecule has 7 heteroatoms. The maximum atomic E-state index is 11.9. The van der Waals surface area contributed by atoms with Gasteiger partial charge in [-0.1, -0.05) is 11.6 Å². The summed E-state index contributed by atoms with van der Waals surface area (Å²) in [6.07, 6.45) is 2.41. The lowest BCUT2D eigenvalue weighted by Gasteiger charge is -2.15. The number of nitrogens with zero attached hydrogens (tertiary/aromatic N) is 1. The largest absolute Gasteiger partial charge is 0.482 e. The van der Waals surface area contributed by atoms with Crippen LogP contribution in [0.25, 0.3) is 0 Å². The number of hydrogen-bond donors (Lipinski definition) is 2. The number of carbonyl (C=O) groups is 2. The van der Waals surface area contributed by atoms with E-state index in [1.807, 2.05) is 6.07 Å². The van der Waals surface area contributed by atoms with Crippen LogP contribution in [0, 0.1) is 11.3 Å². The van der Waals surface area contributed by atoms with Gasteiger partial charge in [-0.2, -0.15) is 5.26 Å². The van der Waals surface area contributed by atoms with E-state index in [9.17, 15) is 9.59 Å². The molecule has 1 fully saturated rings. The van der Waals surface area contributed by atoms with Crippen LogP contribution < -0.4 is 15.4 Å². The Balaban J connectivity index is 1.87.